The molecule has 0 radical (unpaired) electrons. The second-order valence-corrected chi connectivity index (χ2v) is 30.5. The maximum absolute atomic E-state index is 13.4. The monoisotopic (exact) mass is 1440 g/mol. The molecule has 486 valence electrons. The van der Waals surface area contributed by atoms with Crippen LogP contribution in [0.4, 0.5) is 30.2 Å². The first kappa shape index (κ1) is 68.5. The van der Waals surface area contributed by atoms with Gasteiger partial charge < -0.3 is 16.0 Å². The molecule has 9 aromatic rings. The van der Waals surface area contributed by atoms with E-state index in [1.165, 1.54) is 111 Å². The van der Waals surface area contributed by atoms with E-state index in [-0.39, 0.29) is 51.4 Å². The lowest BCUT2D eigenvalue weighted by Crippen LogP contribution is -2.55. The summed E-state index contributed by atoms with van der Waals surface area (Å²) in [6.45, 7) is 0. The molecule has 3 saturated heterocycles. The number of likely N-dealkylation sites (N-methyl/N-ethyl adjacent to an activating group) is 3. The predicted octanol–water partition coefficient (Wildman–Crippen LogP) is 9.65. The third-order valence-corrected chi connectivity index (χ3v) is 24.0. The summed E-state index contributed by atoms with van der Waals surface area (Å²) in [5, 5.41) is 7.42. The van der Waals surface area contributed by atoms with Gasteiger partial charge in [-0.2, -0.15) is 52.3 Å². The van der Waals surface area contributed by atoms with Crippen molar-refractivity contribution in [2.45, 2.75) is 55.5 Å². The molecular weight excluding hydrogens is 1390 g/mol. The van der Waals surface area contributed by atoms with E-state index in [9.17, 15) is 52.8 Å². The number of carbonyl (C=O) groups excluding carboxylic acids is 3. The first-order valence-electron chi connectivity index (χ1n) is 27.3. The smallest absolute Gasteiger partial charge is 0.280 e. The topological polar surface area (TPSA) is 313 Å². The SMILES string of the molecule is CN1C(C(=O)Nc2ccc(F)c(Cl)c2)CC(c2ccc(-c3cncnc3)s2)NS1(=O)=O.CN1[C@@H](C(=O)Nc2ccc(F)c(Cl)c2)C[C@@H](c2ccc(-c3cncnc3)s2)NS1(=O)=O.CN1[C@H](C(=O)Nc2ccc(F)c(Cl)c2)C[C@H](c2ccc(-c3cncnc3)s2)NS1(=O)=O. The molecule has 0 bridgehead atoms. The van der Waals surface area contributed by atoms with Crippen LogP contribution in [0.1, 0.15) is 52.0 Å². The van der Waals surface area contributed by atoms with Crippen molar-refractivity contribution in [1.82, 2.24) is 57.0 Å². The Balaban J connectivity index is 0.000000153. The Morgan fingerprint density at radius 3 is 0.914 bits per heavy atom. The number of amides is 3. The van der Waals surface area contributed by atoms with Gasteiger partial charge in [0.25, 0.3) is 30.6 Å². The van der Waals surface area contributed by atoms with Gasteiger partial charge in [0, 0.05) is 121 Å². The minimum absolute atomic E-state index is 0.141. The van der Waals surface area contributed by atoms with Crippen LogP contribution < -0.4 is 30.1 Å². The summed E-state index contributed by atoms with van der Waals surface area (Å²) < 4.78 is 127. The Kier molecular flexibility index (Phi) is 21.5. The maximum Gasteiger partial charge on any atom is 0.280 e. The number of benzene rings is 3. The van der Waals surface area contributed by atoms with Crippen LogP contribution >= 0.6 is 68.8 Å². The quantitative estimate of drug-likeness (QED) is 0.0663. The minimum atomic E-state index is -3.90. The highest BCUT2D eigenvalue weighted by molar-refractivity contribution is 7.87. The number of rotatable bonds is 12. The lowest BCUT2D eigenvalue weighted by molar-refractivity contribution is -0.120. The van der Waals surface area contributed by atoms with Gasteiger partial charge in [-0.05, 0) is 110 Å². The third-order valence-electron chi connectivity index (χ3n) is 14.6. The van der Waals surface area contributed by atoms with Crippen LogP contribution in [-0.4, -0.2) is 125 Å². The van der Waals surface area contributed by atoms with Crippen molar-refractivity contribution >= 4 is 134 Å². The van der Waals surface area contributed by atoms with E-state index >= 15 is 0 Å². The first-order chi connectivity index (χ1) is 44.2. The lowest BCUT2D eigenvalue weighted by Gasteiger charge is -2.35. The number of hydrogen-bond donors (Lipinski definition) is 6. The summed E-state index contributed by atoms with van der Waals surface area (Å²) >= 11 is 21.5. The molecule has 24 nitrogen and oxygen atoms in total. The highest BCUT2D eigenvalue weighted by Gasteiger charge is 2.44. The fourth-order valence-corrected chi connectivity index (χ4v) is 17.4. The van der Waals surface area contributed by atoms with Gasteiger partial charge in [0.2, 0.25) is 17.7 Å². The van der Waals surface area contributed by atoms with Gasteiger partial charge in [0.15, 0.2) is 0 Å². The second-order valence-electron chi connectivity index (χ2n) is 20.7. The van der Waals surface area contributed by atoms with Crippen LogP contribution in [0.5, 0.6) is 0 Å². The molecule has 9 heterocycles. The van der Waals surface area contributed by atoms with Crippen molar-refractivity contribution in [2.75, 3.05) is 37.1 Å². The zero-order chi connectivity index (χ0) is 66.5. The molecule has 12 rings (SSSR count). The summed E-state index contributed by atoms with van der Waals surface area (Å²) in [5.41, 5.74) is 3.28. The van der Waals surface area contributed by atoms with E-state index in [0.717, 1.165) is 77.1 Å². The van der Waals surface area contributed by atoms with Crippen molar-refractivity contribution in [1.29, 1.82) is 0 Å². The molecule has 3 aromatic carbocycles. The van der Waals surface area contributed by atoms with Crippen molar-refractivity contribution in [2.24, 2.45) is 0 Å². The highest BCUT2D eigenvalue weighted by Crippen LogP contribution is 2.40. The molecule has 0 spiro atoms. The molecule has 3 aliphatic heterocycles. The minimum Gasteiger partial charge on any atom is -0.325 e. The number of thiophene rings is 3. The standard InChI is InChI=1S/3C19H17ClFN5O3S2/c3*1-26-16(19(27)24-12-2-3-14(21)13(20)6-12)7-15(25-31(26,28)29)18-5-4-17(30-18)11-8-22-10-23-9-11/h3*2-6,8-10,15-16,25H,7H2,1H3,(H,24,27)/t2*15-,16+;/m10./s1. The largest absolute Gasteiger partial charge is 0.325 e. The zero-order valence-corrected chi connectivity index (χ0v) is 55.5. The van der Waals surface area contributed by atoms with Crippen LogP contribution in [0, 0.1) is 17.5 Å². The van der Waals surface area contributed by atoms with E-state index in [4.69, 9.17) is 34.8 Å². The molecule has 6 aromatic heterocycles. The molecule has 6 atom stereocenters. The van der Waals surface area contributed by atoms with Gasteiger partial charge in [0.05, 0.1) is 33.2 Å². The van der Waals surface area contributed by atoms with Crippen LogP contribution in [0.15, 0.2) is 147 Å². The number of hydrogen-bond acceptors (Lipinski definition) is 18. The normalized spacial score (nSPS) is 21.0. The van der Waals surface area contributed by atoms with Crippen LogP contribution in [0.3, 0.4) is 0 Å². The number of carbonyl (C=O) groups is 3. The van der Waals surface area contributed by atoms with Gasteiger partial charge in [-0.15, -0.1) is 34.0 Å². The Labute approximate surface area is 558 Å². The summed E-state index contributed by atoms with van der Waals surface area (Å²) in [4.78, 5) is 67.5. The van der Waals surface area contributed by atoms with Crippen LogP contribution in [-0.2, 0) is 45.0 Å². The van der Waals surface area contributed by atoms with Gasteiger partial charge in [-0.1, -0.05) is 34.8 Å². The molecule has 0 aliphatic carbocycles. The van der Waals surface area contributed by atoms with Crippen molar-refractivity contribution in [3.63, 3.8) is 0 Å². The Bertz CT molecular complexity index is 4120. The number of nitrogens with zero attached hydrogens (tertiary/aromatic N) is 9. The van der Waals surface area contributed by atoms with Gasteiger partial charge in [-0.25, -0.2) is 43.1 Å². The number of nitrogens with one attached hydrogen (secondary N) is 6. The van der Waals surface area contributed by atoms with Gasteiger partial charge in [0.1, 0.15) is 54.6 Å². The second kappa shape index (κ2) is 29.1. The number of anilines is 3. The zero-order valence-electron chi connectivity index (χ0n) is 48.4. The molecular formula is C57H51Cl3F3N15O9S6. The first-order valence-corrected chi connectivity index (χ1v) is 35.2. The maximum atomic E-state index is 13.4. The average Bonchev–Trinajstić information content (AvgIpc) is 1.72. The molecule has 36 heteroatoms. The van der Waals surface area contributed by atoms with E-state index in [1.54, 1.807) is 37.2 Å². The van der Waals surface area contributed by atoms with E-state index in [1.807, 2.05) is 36.4 Å². The molecule has 2 unspecified atom stereocenters. The fourth-order valence-electron chi connectivity index (χ4n) is 9.65. The average molecular weight is 1450 g/mol. The Hall–Kier alpha value is -7.32. The van der Waals surface area contributed by atoms with Gasteiger partial charge in [-0.3, -0.25) is 14.4 Å². The van der Waals surface area contributed by atoms with E-state index in [2.05, 4.69) is 60.0 Å². The van der Waals surface area contributed by atoms with Gasteiger partial charge >= 0.3 is 0 Å². The molecule has 3 amide bonds. The molecule has 93 heavy (non-hydrogen) atoms. The van der Waals surface area contributed by atoms with Crippen LogP contribution in [0.2, 0.25) is 15.1 Å². The predicted molar refractivity (Wildman–Crippen MR) is 349 cm³/mol. The highest BCUT2D eigenvalue weighted by atomic mass is 35.5. The van der Waals surface area contributed by atoms with Crippen molar-refractivity contribution < 1.29 is 52.8 Å². The summed E-state index contributed by atoms with van der Waals surface area (Å²) in [5.74, 6) is -3.44. The summed E-state index contributed by atoms with van der Waals surface area (Å²) in [7, 11) is -7.69. The number of aromatic nitrogens is 6. The molecule has 6 N–H and O–H groups in total. The van der Waals surface area contributed by atoms with E-state index < -0.39 is 102 Å². The third kappa shape index (κ3) is 16.4. The lowest BCUT2D eigenvalue weighted by atomic mass is 10.1. The molecule has 3 fully saturated rings. The summed E-state index contributed by atoms with van der Waals surface area (Å²) in [6, 6.07) is 17.7. The van der Waals surface area contributed by atoms with Crippen molar-refractivity contribution in [3.8, 4) is 31.3 Å². The van der Waals surface area contributed by atoms with E-state index in [0.29, 0.717) is 0 Å². The molecule has 3 aliphatic rings. The van der Waals surface area contributed by atoms with Crippen molar-refractivity contribution in [3.05, 3.63) is 194 Å². The Morgan fingerprint density at radius 1 is 0.430 bits per heavy atom. The molecule has 0 saturated carbocycles. The number of halogens is 6. The Morgan fingerprint density at radius 2 is 0.677 bits per heavy atom. The fraction of sp³-hybridized carbons (Fsp3) is 0.211. The van der Waals surface area contributed by atoms with Crippen LogP contribution in [0.25, 0.3) is 31.3 Å². The summed E-state index contributed by atoms with van der Waals surface area (Å²) in [6.07, 6.45) is 15.0.